The van der Waals surface area contributed by atoms with Gasteiger partial charge in [0.05, 0.1) is 18.0 Å². The minimum atomic E-state index is -1.69. The van der Waals surface area contributed by atoms with E-state index in [-0.39, 0.29) is 30.8 Å². The lowest BCUT2D eigenvalue weighted by Gasteiger charge is -2.41. The summed E-state index contributed by atoms with van der Waals surface area (Å²) in [6.45, 7) is 7.03. The van der Waals surface area contributed by atoms with E-state index in [2.05, 4.69) is 5.10 Å². The van der Waals surface area contributed by atoms with E-state index in [0.717, 1.165) is 5.01 Å². The molecule has 1 atom stereocenters. The highest BCUT2D eigenvalue weighted by Gasteiger charge is 2.53. The Bertz CT molecular complexity index is 781. The number of esters is 1. The summed E-state index contributed by atoms with van der Waals surface area (Å²) in [5, 5.41) is 26.8. The number of hydrazone groups is 1. The van der Waals surface area contributed by atoms with Crippen LogP contribution >= 0.6 is 0 Å². The highest BCUT2D eigenvalue weighted by molar-refractivity contribution is 6.37. The third-order valence-electron chi connectivity index (χ3n) is 4.44. The fourth-order valence-electron chi connectivity index (χ4n) is 2.70. The monoisotopic (exact) mass is 377 g/mol. The molecule has 0 spiro atoms. The van der Waals surface area contributed by atoms with Gasteiger partial charge in [0.2, 0.25) is 5.91 Å². The van der Waals surface area contributed by atoms with Crippen LogP contribution in [0.2, 0.25) is 0 Å². The summed E-state index contributed by atoms with van der Waals surface area (Å²) in [7, 11) is 0. The van der Waals surface area contributed by atoms with E-state index in [1.54, 1.807) is 27.7 Å². The van der Waals surface area contributed by atoms with Crippen molar-refractivity contribution >= 4 is 23.3 Å². The van der Waals surface area contributed by atoms with Crippen LogP contribution in [-0.2, 0) is 20.7 Å². The van der Waals surface area contributed by atoms with Gasteiger partial charge < -0.3 is 9.84 Å². The summed E-state index contributed by atoms with van der Waals surface area (Å²) < 4.78 is 4.93. The summed E-state index contributed by atoms with van der Waals surface area (Å²) in [5.74, 6) is -1.20. The first-order valence-corrected chi connectivity index (χ1v) is 8.53. The second kappa shape index (κ2) is 7.43. The van der Waals surface area contributed by atoms with Gasteiger partial charge in [-0.05, 0) is 12.5 Å². The van der Waals surface area contributed by atoms with Gasteiger partial charge in [0.15, 0.2) is 11.4 Å². The number of non-ortho nitro benzene ring substituents is 1. The molecule has 0 bridgehead atoms. The van der Waals surface area contributed by atoms with E-state index in [4.69, 9.17) is 4.74 Å². The van der Waals surface area contributed by atoms with E-state index >= 15 is 0 Å². The van der Waals surface area contributed by atoms with Gasteiger partial charge in [0.1, 0.15) is 0 Å². The molecule has 9 nitrogen and oxygen atoms in total. The fraction of sp³-hybridized carbons (Fsp3) is 0.500. The third-order valence-corrected chi connectivity index (χ3v) is 4.44. The lowest BCUT2D eigenvalue weighted by atomic mass is 9.80. The van der Waals surface area contributed by atoms with Gasteiger partial charge >= 0.3 is 5.97 Å². The van der Waals surface area contributed by atoms with Gasteiger partial charge in [-0.15, -0.1) is 0 Å². The summed E-state index contributed by atoms with van der Waals surface area (Å²) in [4.78, 5) is 35.0. The molecule has 0 aliphatic carbocycles. The minimum absolute atomic E-state index is 0.0219. The highest BCUT2D eigenvalue weighted by Crippen LogP contribution is 2.41. The van der Waals surface area contributed by atoms with Crippen molar-refractivity contribution in [2.45, 2.75) is 46.3 Å². The number of nitrogens with zero attached hydrogens (tertiary/aromatic N) is 3. The Morgan fingerprint density at radius 3 is 2.41 bits per heavy atom. The number of carbonyl (C=O) groups excluding carboxylic acids is 2. The maximum absolute atomic E-state index is 12.8. The van der Waals surface area contributed by atoms with Crippen LogP contribution in [0.25, 0.3) is 0 Å². The number of hydrogen-bond acceptors (Lipinski definition) is 7. The molecule has 1 aromatic rings. The Hall–Kier alpha value is -2.81. The number of nitro benzene ring substituents is 1. The Kier molecular flexibility index (Phi) is 5.65. The average molecular weight is 377 g/mol. The Morgan fingerprint density at radius 2 is 1.93 bits per heavy atom. The quantitative estimate of drug-likeness (QED) is 0.476. The number of hydrogen-bond donors (Lipinski definition) is 1. The SMILES string of the molecule is CCOC(=O)C1=NN(C(=O)Cc2ccc([N+](=O)[O-])cc2)[C@](O)(C(C)(C)C)C1. The molecule has 0 saturated heterocycles. The van der Waals surface area contributed by atoms with Crippen LogP contribution in [0.15, 0.2) is 29.4 Å². The molecule has 9 heteroatoms. The molecule has 27 heavy (non-hydrogen) atoms. The van der Waals surface area contributed by atoms with Crippen molar-refractivity contribution in [3.63, 3.8) is 0 Å². The second-order valence-corrected chi connectivity index (χ2v) is 7.32. The number of nitro groups is 1. The molecule has 1 heterocycles. The van der Waals surface area contributed by atoms with Crippen molar-refractivity contribution in [2.24, 2.45) is 10.5 Å². The average Bonchev–Trinajstić information content (AvgIpc) is 2.95. The normalized spacial score (nSPS) is 19.6. The first-order chi connectivity index (χ1) is 12.5. The Balaban J connectivity index is 2.28. The molecule has 0 saturated carbocycles. The Morgan fingerprint density at radius 1 is 1.33 bits per heavy atom. The third kappa shape index (κ3) is 4.13. The first-order valence-electron chi connectivity index (χ1n) is 8.53. The molecule has 1 N–H and O–H groups in total. The molecule has 0 fully saturated rings. The fourth-order valence-corrected chi connectivity index (χ4v) is 2.70. The van der Waals surface area contributed by atoms with E-state index in [9.17, 15) is 24.8 Å². The van der Waals surface area contributed by atoms with E-state index in [1.807, 2.05) is 0 Å². The maximum atomic E-state index is 12.8. The number of rotatable bonds is 5. The lowest BCUT2D eigenvalue weighted by Crippen LogP contribution is -2.55. The van der Waals surface area contributed by atoms with Crippen molar-refractivity contribution in [1.29, 1.82) is 0 Å². The van der Waals surface area contributed by atoms with Crippen LogP contribution in [0.1, 0.15) is 39.7 Å². The molecule has 1 aromatic carbocycles. The smallest absolute Gasteiger partial charge is 0.354 e. The minimum Gasteiger partial charge on any atom is -0.461 e. The van der Waals surface area contributed by atoms with Crippen molar-refractivity contribution in [3.8, 4) is 0 Å². The van der Waals surface area contributed by atoms with Gasteiger partial charge in [-0.1, -0.05) is 32.9 Å². The lowest BCUT2D eigenvalue weighted by molar-refractivity contribution is -0.384. The topological polar surface area (TPSA) is 122 Å². The molecule has 1 aliphatic rings. The number of aliphatic hydroxyl groups is 1. The number of amides is 1. The van der Waals surface area contributed by atoms with Crippen molar-refractivity contribution < 1.29 is 24.4 Å². The zero-order chi connectivity index (χ0) is 20.4. The molecular weight excluding hydrogens is 354 g/mol. The number of ether oxygens (including phenoxy) is 1. The predicted octanol–water partition coefficient (Wildman–Crippen LogP) is 2.02. The van der Waals surface area contributed by atoms with Crippen LogP contribution < -0.4 is 0 Å². The van der Waals surface area contributed by atoms with Crippen LogP contribution in [0, 0.1) is 15.5 Å². The van der Waals surface area contributed by atoms with Gasteiger partial charge in [0, 0.05) is 24.0 Å². The van der Waals surface area contributed by atoms with Gasteiger partial charge in [-0.3, -0.25) is 14.9 Å². The predicted molar refractivity (Wildman–Crippen MR) is 96.7 cm³/mol. The van der Waals surface area contributed by atoms with Crippen LogP contribution in [0.4, 0.5) is 5.69 Å². The Labute approximate surface area is 156 Å². The summed E-state index contributed by atoms with van der Waals surface area (Å²) in [5.41, 5.74) is -2.04. The number of carbonyl (C=O) groups is 2. The highest BCUT2D eigenvalue weighted by atomic mass is 16.6. The molecule has 0 aromatic heterocycles. The van der Waals surface area contributed by atoms with Crippen molar-refractivity contribution in [1.82, 2.24) is 5.01 Å². The van der Waals surface area contributed by atoms with E-state index in [0.29, 0.717) is 5.56 Å². The van der Waals surface area contributed by atoms with Crippen LogP contribution in [0.5, 0.6) is 0 Å². The zero-order valence-electron chi connectivity index (χ0n) is 15.8. The largest absolute Gasteiger partial charge is 0.461 e. The van der Waals surface area contributed by atoms with E-state index in [1.165, 1.54) is 24.3 Å². The molecular formula is C18H23N3O6. The second-order valence-electron chi connectivity index (χ2n) is 7.32. The maximum Gasteiger partial charge on any atom is 0.354 e. The van der Waals surface area contributed by atoms with Gasteiger partial charge in [-0.2, -0.15) is 5.10 Å². The van der Waals surface area contributed by atoms with Crippen LogP contribution in [-0.4, -0.2) is 45.0 Å². The first kappa shape index (κ1) is 20.5. The molecule has 1 aliphatic heterocycles. The van der Waals surface area contributed by atoms with Crippen molar-refractivity contribution in [2.75, 3.05) is 6.61 Å². The molecule has 0 radical (unpaired) electrons. The van der Waals surface area contributed by atoms with Gasteiger partial charge in [-0.25, -0.2) is 9.80 Å². The molecule has 2 rings (SSSR count). The van der Waals surface area contributed by atoms with Crippen LogP contribution in [0.3, 0.4) is 0 Å². The molecule has 146 valence electrons. The summed E-state index contributed by atoms with van der Waals surface area (Å²) >= 11 is 0. The number of benzene rings is 1. The molecule has 1 amide bonds. The summed E-state index contributed by atoms with van der Waals surface area (Å²) in [6.07, 6.45) is -0.267. The van der Waals surface area contributed by atoms with Gasteiger partial charge in [0.25, 0.3) is 5.69 Å². The summed E-state index contributed by atoms with van der Waals surface area (Å²) in [6, 6.07) is 5.54. The standard InChI is InChI=1S/C18H23N3O6/c1-5-27-16(23)14-11-18(24,17(2,3)4)20(19-14)15(22)10-12-6-8-13(9-7-12)21(25)26/h6-9,24H,5,10-11H2,1-4H3/t18-/m1/s1. The zero-order valence-corrected chi connectivity index (χ0v) is 15.8. The molecule has 0 unspecified atom stereocenters. The van der Waals surface area contributed by atoms with E-state index < -0.39 is 27.9 Å². The van der Waals surface area contributed by atoms with Crippen molar-refractivity contribution in [3.05, 3.63) is 39.9 Å².